The van der Waals surface area contributed by atoms with Crippen LogP contribution in [0.15, 0.2) is 35.5 Å². The molecule has 0 fully saturated rings. The summed E-state index contributed by atoms with van der Waals surface area (Å²) in [5.74, 6) is -1.70. The number of methoxy groups -OCH3 is 1. The maximum absolute atomic E-state index is 15.5. The van der Waals surface area contributed by atoms with Crippen LogP contribution in [0.25, 0.3) is 5.57 Å². The molecule has 8 heteroatoms. The number of ether oxygens (including phenoxy) is 1. The lowest BCUT2D eigenvalue weighted by Gasteiger charge is -2.34. The second-order valence-corrected chi connectivity index (χ2v) is 7.30. The molecule has 1 aromatic heterocycles. The molecule has 0 saturated carbocycles. The van der Waals surface area contributed by atoms with E-state index in [0.717, 1.165) is 21.1 Å². The van der Waals surface area contributed by atoms with E-state index in [0.29, 0.717) is 22.5 Å². The van der Waals surface area contributed by atoms with E-state index in [9.17, 15) is 8.78 Å². The molecule has 28 heavy (non-hydrogen) atoms. The molecule has 3 heterocycles. The Bertz CT molecular complexity index is 1120. The van der Waals surface area contributed by atoms with Crippen molar-refractivity contribution in [2.45, 2.75) is 27.7 Å². The minimum absolute atomic E-state index is 0.0243. The van der Waals surface area contributed by atoms with Crippen LogP contribution in [0.3, 0.4) is 0 Å². The van der Waals surface area contributed by atoms with Crippen LogP contribution in [-0.2, 0) is 0 Å². The third-order valence-corrected chi connectivity index (χ3v) is 5.44. The van der Waals surface area contributed by atoms with Crippen molar-refractivity contribution in [1.29, 1.82) is 0 Å². The number of allylic oxidation sites excluding steroid dienone is 2. The zero-order chi connectivity index (χ0) is 20.5. The Morgan fingerprint density at radius 2 is 1.61 bits per heavy atom. The lowest BCUT2D eigenvalue weighted by molar-refractivity contribution is -0.363. The van der Waals surface area contributed by atoms with Gasteiger partial charge in [-0.3, -0.25) is 0 Å². The highest BCUT2D eigenvalue weighted by Crippen LogP contribution is 2.45. The van der Waals surface area contributed by atoms with Crippen LogP contribution in [0.1, 0.15) is 36.4 Å². The molecular weight excluding hydrogens is 371 g/mol. The lowest BCUT2D eigenvalue weighted by atomic mass is 9.83. The first-order valence-corrected chi connectivity index (χ1v) is 8.90. The van der Waals surface area contributed by atoms with Crippen molar-refractivity contribution in [3.05, 3.63) is 69.7 Å². The van der Waals surface area contributed by atoms with Gasteiger partial charge in [-0.05, 0) is 38.1 Å². The normalized spacial score (nSPS) is 17.7. The quantitative estimate of drug-likeness (QED) is 0.531. The van der Waals surface area contributed by atoms with Crippen LogP contribution in [0.4, 0.5) is 17.4 Å². The number of halogens is 4. The highest BCUT2D eigenvalue weighted by Gasteiger charge is 2.55. The Balaban J connectivity index is 2.20. The lowest BCUT2D eigenvalue weighted by Crippen LogP contribution is -2.51. The average Bonchev–Trinajstić information content (AvgIpc) is 3.06. The number of aryl methyl sites for hydroxylation is 2. The molecule has 146 valence electrons. The van der Waals surface area contributed by atoms with Crippen molar-refractivity contribution in [1.82, 2.24) is 4.48 Å². The van der Waals surface area contributed by atoms with Gasteiger partial charge in [0.1, 0.15) is 23.1 Å². The number of hydrogen-bond acceptors (Lipinski definition) is 1. The number of benzene rings is 1. The summed E-state index contributed by atoms with van der Waals surface area (Å²) in [5.41, 5.74) is 1.81. The van der Waals surface area contributed by atoms with E-state index in [-0.39, 0.29) is 28.3 Å². The van der Waals surface area contributed by atoms with Crippen LogP contribution in [0.5, 0.6) is 5.75 Å². The summed E-state index contributed by atoms with van der Waals surface area (Å²) >= 11 is 0. The summed E-state index contributed by atoms with van der Waals surface area (Å²) in [4.78, 5) is 0. The second kappa shape index (κ2) is 5.86. The van der Waals surface area contributed by atoms with Crippen molar-refractivity contribution >= 4 is 18.3 Å². The van der Waals surface area contributed by atoms with Gasteiger partial charge in [-0.2, -0.15) is 0 Å². The molecule has 0 N–H and O–H groups in total. The van der Waals surface area contributed by atoms with E-state index in [1.165, 1.54) is 7.11 Å². The van der Waals surface area contributed by atoms with Crippen LogP contribution >= 0.6 is 0 Å². The molecule has 3 nitrogen and oxygen atoms in total. The Labute approximate surface area is 160 Å². The van der Waals surface area contributed by atoms with Crippen LogP contribution in [0, 0.1) is 25.5 Å². The van der Waals surface area contributed by atoms with E-state index in [2.05, 4.69) is 0 Å². The van der Waals surface area contributed by atoms with Gasteiger partial charge in [0.25, 0.3) is 0 Å². The Morgan fingerprint density at radius 3 is 2.18 bits per heavy atom. The summed E-state index contributed by atoms with van der Waals surface area (Å²) < 4.78 is 67.8. The first kappa shape index (κ1) is 18.6. The highest BCUT2D eigenvalue weighted by molar-refractivity contribution is 6.58. The number of hydrogen-bond donors (Lipinski definition) is 0. The third kappa shape index (κ3) is 2.26. The van der Waals surface area contributed by atoms with Crippen molar-refractivity contribution in [3.8, 4) is 5.75 Å². The molecule has 0 unspecified atom stereocenters. The van der Waals surface area contributed by atoms with E-state index < -0.39 is 18.6 Å². The Morgan fingerprint density at radius 1 is 1.00 bits per heavy atom. The minimum Gasteiger partial charge on any atom is -0.497 e. The fraction of sp³-hybridized carbons (Fsp3) is 0.250. The molecule has 0 saturated heterocycles. The van der Waals surface area contributed by atoms with Crippen LogP contribution < -0.4 is 4.74 Å². The molecule has 0 aliphatic carbocycles. The number of nitrogens with zero attached hydrogens (tertiary/aromatic N) is 2. The maximum Gasteiger partial charge on any atom is 0.737 e. The highest BCUT2D eigenvalue weighted by atomic mass is 19.2. The molecule has 0 radical (unpaired) electrons. The predicted octanol–water partition coefficient (Wildman–Crippen LogP) is 4.82. The van der Waals surface area contributed by atoms with Gasteiger partial charge < -0.3 is 22.3 Å². The van der Waals surface area contributed by atoms with E-state index in [4.69, 9.17) is 4.74 Å². The van der Waals surface area contributed by atoms with Gasteiger partial charge in [0.05, 0.1) is 18.2 Å². The first-order chi connectivity index (χ1) is 13.1. The standard InChI is InChI=1S/C20H19BF4N2O/c1-10-6-12(3)26-19(10)18(17-15(22)8-14(28-5)9-16(17)23)20-11(2)7-13(4)27(20)21(26,24)25/h6-9H,1-5H3. The van der Waals surface area contributed by atoms with Crippen molar-refractivity contribution in [2.75, 3.05) is 7.11 Å². The predicted molar refractivity (Wildman–Crippen MR) is 101 cm³/mol. The van der Waals surface area contributed by atoms with E-state index >= 15 is 8.63 Å². The number of rotatable bonds is 2. The van der Waals surface area contributed by atoms with Crippen molar-refractivity contribution in [2.24, 2.45) is 0 Å². The molecule has 2 aromatic rings. The summed E-state index contributed by atoms with van der Waals surface area (Å²) in [6, 6.07) is 3.74. The molecule has 2 aliphatic heterocycles. The van der Waals surface area contributed by atoms with Gasteiger partial charge in [-0.25, -0.2) is 8.78 Å². The molecule has 0 spiro atoms. The molecule has 0 atom stereocenters. The topological polar surface area (TPSA) is 17.2 Å². The Kier molecular flexibility index (Phi) is 3.89. The van der Waals surface area contributed by atoms with Crippen molar-refractivity contribution < 1.29 is 26.6 Å². The SMILES string of the molecule is COc1cc(F)c(C2=C3C(C)=CC(C)=[N+]3[B-](F)(F)n3c(C)cc(C)c32)c(F)c1. The largest absolute Gasteiger partial charge is 0.737 e. The smallest absolute Gasteiger partial charge is 0.497 e. The molecule has 1 aromatic carbocycles. The number of fused-ring (bicyclic) bond motifs is 2. The van der Waals surface area contributed by atoms with Gasteiger partial charge in [-0.15, -0.1) is 0 Å². The third-order valence-electron chi connectivity index (χ3n) is 5.44. The molecule has 2 aliphatic rings. The van der Waals surface area contributed by atoms with Gasteiger partial charge in [0, 0.05) is 36.4 Å². The molecule has 0 amide bonds. The molecule has 4 rings (SSSR count). The van der Waals surface area contributed by atoms with Gasteiger partial charge in [0.15, 0.2) is 5.70 Å². The summed E-state index contributed by atoms with van der Waals surface area (Å²) in [5, 5.41) is 0. The van der Waals surface area contributed by atoms with Crippen molar-refractivity contribution in [3.63, 3.8) is 0 Å². The second-order valence-electron chi connectivity index (χ2n) is 7.30. The van der Waals surface area contributed by atoms with E-state index in [1.807, 2.05) is 0 Å². The summed E-state index contributed by atoms with van der Waals surface area (Å²) in [6.07, 6.45) is 1.61. The molecule has 0 bridgehead atoms. The van der Waals surface area contributed by atoms with Gasteiger partial charge in [0.2, 0.25) is 0 Å². The van der Waals surface area contributed by atoms with Crippen LogP contribution in [-0.4, -0.2) is 28.8 Å². The van der Waals surface area contributed by atoms with Crippen LogP contribution in [0.2, 0.25) is 0 Å². The van der Waals surface area contributed by atoms with Gasteiger partial charge >= 0.3 is 6.97 Å². The summed E-state index contributed by atoms with van der Waals surface area (Å²) in [7, 11) is 1.31. The maximum atomic E-state index is 15.5. The van der Waals surface area contributed by atoms with Gasteiger partial charge in [-0.1, -0.05) is 0 Å². The van der Waals surface area contributed by atoms with E-state index in [1.54, 1.807) is 39.8 Å². The summed E-state index contributed by atoms with van der Waals surface area (Å²) in [6.45, 7) is 2.29. The molecular formula is C20H19BF4N2O. The monoisotopic (exact) mass is 390 g/mol. The zero-order valence-electron chi connectivity index (χ0n) is 16.2. The number of aromatic nitrogens is 1. The average molecular weight is 390 g/mol. The fourth-order valence-corrected chi connectivity index (χ4v) is 4.44. The fourth-order valence-electron chi connectivity index (χ4n) is 4.44. The Hall–Kier alpha value is -2.77. The first-order valence-electron chi connectivity index (χ1n) is 8.90. The minimum atomic E-state index is -4.19. The zero-order valence-corrected chi connectivity index (χ0v) is 16.2.